The molecule has 0 amide bonds. The van der Waals surface area contributed by atoms with Crippen LogP contribution in [-0.2, 0) is 24.4 Å². The third-order valence-electron chi connectivity index (χ3n) is 3.79. The number of carboxylic acid groups (broad SMARTS) is 1. The second kappa shape index (κ2) is 8.72. The number of rotatable bonds is 8. The molecule has 0 aromatic heterocycles. The van der Waals surface area contributed by atoms with Crippen molar-refractivity contribution in [3.63, 3.8) is 0 Å². The van der Waals surface area contributed by atoms with Crippen molar-refractivity contribution in [3.8, 4) is 11.5 Å². The largest absolute Gasteiger partial charge is 0.489 e. The number of carboxylic acids is 1. The average molecular weight is 348 g/mol. The highest BCUT2D eigenvalue weighted by Gasteiger charge is 2.08. The van der Waals surface area contributed by atoms with Crippen molar-refractivity contribution < 1.29 is 19.4 Å². The van der Waals surface area contributed by atoms with Gasteiger partial charge in [-0.05, 0) is 28.8 Å². The Hall–Kier alpha value is -3.27. The number of hydrogen-bond acceptors (Lipinski definition) is 3. The van der Waals surface area contributed by atoms with Crippen LogP contribution in [0.2, 0.25) is 0 Å². The average Bonchev–Trinajstić information content (AvgIpc) is 2.66. The maximum absolute atomic E-state index is 11.1. The van der Waals surface area contributed by atoms with E-state index < -0.39 is 5.97 Å². The molecular formula is C22H20O4. The quantitative estimate of drug-likeness (QED) is 0.652. The molecule has 3 rings (SSSR count). The van der Waals surface area contributed by atoms with E-state index in [1.54, 1.807) is 18.2 Å². The van der Waals surface area contributed by atoms with Crippen LogP contribution in [0.4, 0.5) is 0 Å². The highest BCUT2D eigenvalue weighted by Crippen LogP contribution is 2.25. The molecule has 0 atom stereocenters. The fraction of sp³-hybridized carbons (Fsp3) is 0.136. The van der Waals surface area contributed by atoms with E-state index >= 15 is 0 Å². The molecule has 0 saturated carbocycles. The highest BCUT2D eigenvalue weighted by molar-refractivity contribution is 5.70. The first-order chi connectivity index (χ1) is 12.7. The lowest BCUT2D eigenvalue weighted by molar-refractivity contribution is -0.136. The molecule has 3 aromatic rings. The van der Waals surface area contributed by atoms with Crippen LogP contribution in [0.5, 0.6) is 11.5 Å². The summed E-state index contributed by atoms with van der Waals surface area (Å²) in [6.45, 7) is 0.824. The number of hydrogen-bond donors (Lipinski definition) is 1. The van der Waals surface area contributed by atoms with E-state index in [0.29, 0.717) is 30.3 Å². The maximum atomic E-state index is 11.1. The molecule has 132 valence electrons. The molecule has 4 heteroatoms. The molecule has 0 aliphatic heterocycles. The van der Waals surface area contributed by atoms with E-state index in [2.05, 4.69) is 0 Å². The topological polar surface area (TPSA) is 55.8 Å². The van der Waals surface area contributed by atoms with Gasteiger partial charge in [-0.2, -0.15) is 0 Å². The van der Waals surface area contributed by atoms with Gasteiger partial charge in [0.1, 0.15) is 24.7 Å². The fourth-order valence-electron chi connectivity index (χ4n) is 2.56. The summed E-state index contributed by atoms with van der Waals surface area (Å²) < 4.78 is 11.7. The smallest absolute Gasteiger partial charge is 0.307 e. The lowest BCUT2D eigenvalue weighted by atomic mass is 10.1. The van der Waals surface area contributed by atoms with Crippen molar-refractivity contribution >= 4 is 5.97 Å². The molecule has 0 fully saturated rings. The fourth-order valence-corrected chi connectivity index (χ4v) is 2.56. The van der Waals surface area contributed by atoms with Crippen molar-refractivity contribution in [1.82, 2.24) is 0 Å². The molecule has 4 nitrogen and oxygen atoms in total. The molecule has 0 bridgehead atoms. The zero-order valence-corrected chi connectivity index (χ0v) is 14.3. The number of aliphatic carboxylic acids is 1. The summed E-state index contributed by atoms with van der Waals surface area (Å²) in [7, 11) is 0. The second-order valence-electron chi connectivity index (χ2n) is 5.93. The molecule has 0 unspecified atom stereocenters. The Morgan fingerprint density at radius 2 is 1.15 bits per heavy atom. The monoisotopic (exact) mass is 348 g/mol. The summed E-state index contributed by atoms with van der Waals surface area (Å²) in [5, 5.41) is 9.08. The van der Waals surface area contributed by atoms with Gasteiger partial charge >= 0.3 is 5.97 Å². The van der Waals surface area contributed by atoms with Gasteiger partial charge in [-0.15, -0.1) is 0 Å². The maximum Gasteiger partial charge on any atom is 0.307 e. The Kier molecular flexibility index (Phi) is 5.88. The van der Waals surface area contributed by atoms with Crippen LogP contribution in [0, 0.1) is 0 Å². The van der Waals surface area contributed by atoms with Crippen LogP contribution < -0.4 is 9.47 Å². The van der Waals surface area contributed by atoms with E-state index in [0.717, 1.165) is 11.1 Å². The minimum atomic E-state index is -0.890. The Labute approximate surface area is 152 Å². The second-order valence-corrected chi connectivity index (χ2v) is 5.93. The number of ether oxygens (including phenoxy) is 2. The van der Waals surface area contributed by atoms with Crippen LogP contribution in [-0.4, -0.2) is 11.1 Å². The first kappa shape index (κ1) is 17.5. The van der Waals surface area contributed by atoms with Crippen LogP contribution >= 0.6 is 0 Å². The summed E-state index contributed by atoms with van der Waals surface area (Å²) in [5.41, 5.74) is 2.73. The molecule has 0 radical (unpaired) electrons. The van der Waals surface area contributed by atoms with Gasteiger partial charge in [0.15, 0.2) is 0 Å². The third kappa shape index (κ3) is 5.38. The van der Waals surface area contributed by atoms with Gasteiger partial charge < -0.3 is 14.6 Å². The van der Waals surface area contributed by atoms with E-state index in [4.69, 9.17) is 14.6 Å². The highest BCUT2D eigenvalue weighted by atomic mass is 16.5. The first-order valence-electron chi connectivity index (χ1n) is 8.38. The van der Waals surface area contributed by atoms with Crippen molar-refractivity contribution in [2.24, 2.45) is 0 Å². The Balaban J connectivity index is 1.73. The van der Waals surface area contributed by atoms with Gasteiger partial charge in [-0.3, -0.25) is 4.79 Å². The minimum Gasteiger partial charge on any atom is -0.489 e. The van der Waals surface area contributed by atoms with Crippen LogP contribution in [0.25, 0.3) is 0 Å². The predicted molar refractivity (Wildman–Crippen MR) is 99.3 cm³/mol. The predicted octanol–water partition coefficient (Wildman–Crippen LogP) is 4.47. The molecule has 0 spiro atoms. The normalized spacial score (nSPS) is 10.3. The standard InChI is InChI=1S/C22H20O4/c23-22(24)13-19-11-20(25-15-17-7-3-1-4-8-17)14-21(12-19)26-16-18-9-5-2-6-10-18/h1-12,14H,13,15-16H2,(H,23,24). The Morgan fingerprint density at radius 1 is 0.692 bits per heavy atom. The van der Waals surface area contributed by atoms with E-state index in [9.17, 15) is 4.79 Å². The third-order valence-corrected chi connectivity index (χ3v) is 3.79. The van der Waals surface area contributed by atoms with Gasteiger partial charge in [-0.25, -0.2) is 0 Å². The summed E-state index contributed by atoms with van der Waals surface area (Å²) in [4.78, 5) is 11.1. The van der Waals surface area contributed by atoms with Gasteiger partial charge in [0.25, 0.3) is 0 Å². The van der Waals surface area contributed by atoms with Crippen LogP contribution in [0.3, 0.4) is 0 Å². The molecular weight excluding hydrogens is 328 g/mol. The van der Waals surface area contributed by atoms with Crippen molar-refractivity contribution in [1.29, 1.82) is 0 Å². The van der Waals surface area contributed by atoms with E-state index in [1.807, 2.05) is 60.7 Å². The lowest BCUT2D eigenvalue weighted by Gasteiger charge is -2.12. The number of benzene rings is 3. The summed E-state index contributed by atoms with van der Waals surface area (Å²) in [6, 6.07) is 24.9. The van der Waals surface area contributed by atoms with Gasteiger partial charge in [0.2, 0.25) is 0 Å². The van der Waals surface area contributed by atoms with Crippen molar-refractivity contribution in [2.45, 2.75) is 19.6 Å². The SMILES string of the molecule is O=C(O)Cc1cc(OCc2ccccc2)cc(OCc2ccccc2)c1. The van der Waals surface area contributed by atoms with Crippen molar-refractivity contribution in [3.05, 3.63) is 95.6 Å². The van der Waals surface area contributed by atoms with Crippen LogP contribution in [0.1, 0.15) is 16.7 Å². The number of carbonyl (C=O) groups is 1. The van der Waals surface area contributed by atoms with Gasteiger partial charge in [0, 0.05) is 6.07 Å². The molecule has 3 aromatic carbocycles. The minimum absolute atomic E-state index is 0.0791. The summed E-state index contributed by atoms with van der Waals surface area (Å²) in [5.74, 6) is 0.297. The van der Waals surface area contributed by atoms with E-state index in [1.165, 1.54) is 0 Å². The lowest BCUT2D eigenvalue weighted by Crippen LogP contribution is -2.03. The zero-order chi connectivity index (χ0) is 18.2. The molecule has 0 heterocycles. The van der Waals surface area contributed by atoms with Gasteiger partial charge in [-0.1, -0.05) is 60.7 Å². The Bertz CT molecular complexity index is 783. The molecule has 0 saturated heterocycles. The molecule has 0 aliphatic carbocycles. The summed E-state index contributed by atoms with van der Waals surface area (Å²) >= 11 is 0. The van der Waals surface area contributed by atoms with E-state index in [-0.39, 0.29) is 6.42 Å². The molecule has 26 heavy (non-hydrogen) atoms. The first-order valence-corrected chi connectivity index (χ1v) is 8.38. The summed E-state index contributed by atoms with van der Waals surface area (Å²) in [6.07, 6.45) is -0.0791. The van der Waals surface area contributed by atoms with Crippen molar-refractivity contribution in [2.75, 3.05) is 0 Å². The van der Waals surface area contributed by atoms with Gasteiger partial charge in [0.05, 0.1) is 6.42 Å². The molecule has 0 aliphatic rings. The Morgan fingerprint density at radius 3 is 1.58 bits per heavy atom. The zero-order valence-electron chi connectivity index (χ0n) is 14.3. The molecule has 1 N–H and O–H groups in total. The van der Waals surface area contributed by atoms with Crippen LogP contribution in [0.15, 0.2) is 78.9 Å².